The maximum Gasteiger partial charge on any atom is 0.318 e. The molecule has 2 aromatic heterocycles. The topological polar surface area (TPSA) is 54.2 Å². The second-order valence-corrected chi connectivity index (χ2v) is 6.38. The summed E-state index contributed by atoms with van der Waals surface area (Å²) in [4.78, 5) is 3.07. The molecule has 0 aliphatic rings. The Bertz CT molecular complexity index is 525. The van der Waals surface area contributed by atoms with Gasteiger partial charge < -0.3 is 14.6 Å². The number of rotatable bonds is 6. The Balaban J connectivity index is 1.94. The summed E-state index contributed by atoms with van der Waals surface area (Å²) in [6, 6.07) is 4.80. The molecule has 0 saturated carbocycles. The molecule has 2 aromatic rings. The van der Waals surface area contributed by atoms with Crippen LogP contribution in [0.5, 0.6) is 0 Å². The van der Waals surface area contributed by atoms with E-state index in [1.807, 2.05) is 24.1 Å². The first kappa shape index (κ1) is 14.3. The predicted octanol–water partition coefficient (Wildman–Crippen LogP) is 2.92. The van der Waals surface area contributed by atoms with Gasteiger partial charge in [0.1, 0.15) is 0 Å². The fraction of sp³-hybridized carbons (Fsp3) is 0.500. The highest BCUT2D eigenvalue weighted by Gasteiger charge is 2.12. The molecule has 0 aliphatic heterocycles. The summed E-state index contributed by atoms with van der Waals surface area (Å²) in [6.07, 6.45) is 0. The van der Waals surface area contributed by atoms with Crippen molar-refractivity contribution in [3.05, 3.63) is 27.2 Å². The van der Waals surface area contributed by atoms with Crippen molar-refractivity contribution in [3.63, 3.8) is 0 Å². The van der Waals surface area contributed by atoms with Crippen LogP contribution >= 0.6 is 22.9 Å². The van der Waals surface area contributed by atoms with E-state index in [-0.39, 0.29) is 0 Å². The van der Waals surface area contributed by atoms with Crippen molar-refractivity contribution in [2.75, 3.05) is 11.9 Å². The standard InChI is InChI=1S/C12H17ClN4OS/c1-8(2)14-6-11-15-16-12(18-11)17(3)7-9-4-5-10(13)19-9/h4-5,8,14H,6-7H2,1-3H3. The summed E-state index contributed by atoms with van der Waals surface area (Å²) in [7, 11) is 1.92. The van der Waals surface area contributed by atoms with E-state index in [9.17, 15) is 0 Å². The van der Waals surface area contributed by atoms with E-state index in [0.717, 1.165) is 9.21 Å². The van der Waals surface area contributed by atoms with Gasteiger partial charge in [0.25, 0.3) is 0 Å². The normalized spacial score (nSPS) is 11.2. The minimum Gasteiger partial charge on any atom is -0.407 e. The molecule has 0 aromatic carbocycles. The number of thiophene rings is 1. The SMILES string of the molecule is CC(C)NCc1nnc(N(C)Cc2ccc(Cl)s2)o1. The van der Waals surface area contributed by atoms with Crippen LogP contribution in [0.1, 0.15) is 24.6 Å². The van der Waals surface area contributed by atoms with Gasteiger partial charge >= 0.3 is 6.01 Å². The molecular weight excluding hydrogens is 284 g/mol. The molecule has 2 heterocycles. The molecule has 1 N–H and O–H groups in total. The van der Waals surface area contributed by atoms with Crippen LogP contribution in [-0.2, 0) is 13.1 Å². The maximum absolute atomic E-state index is 5.91. The summed E-state index contributed by atoms with van der Waals surface area (Å²) < 4.78 is 6.38. The third kappa shape index (κ3) is 4.19. The molecule has 0 spiro atoms. The lowest BCUT2D eigenvalue weighted by atomic mass is 10.4. The van der Waals surface area contributed by atoms with Gasteiger partial charge in [-0.25, -0.2) is 0 Å². The Labute approximate surface area is 121 Å². The van der Waals surface area contributed by atoms with E-state index in [1.165, 1.54) is 0 Å². The molecule has 7 heteroatoms. The molecule has 104 valence electrons. The number of aromatic nitrogens is 2. The summed E-state index contributed by atoms with van der Waals surface area (Å²) in [5.74, 6) is 0.597. The van der Waals surface area contributed by atoms with Crippen molar-refractivity contribution >= 4 is 29.0 Å². The molecule has 19 heavy (non-hydrogen) atoms. The number of hydrogen-bond donors (Lipinski definition) is 1. The summed E-state index contributed by atoms with van der Waals surface area (Å²) in [5.41, 5.74) is 0. The van der Waals surface area contributed by atoms with Crippen molar-refractivity contribution in [2.45, 2.75) is 33.0 Å². The van der Waals surface area contributed by atoms with E-state index in [1.54, 1.807) is 11.3 Å². The highest BCUT2D eigenvalue weighted by Crippen LogP contribution is 2.23. The van der Waals surface area contributed by atoms with Crippen LogP contribution in [0.25, 0.3) is 0 Å². The zero-order valence-electron chi connectivity index (χ0n) is 11.2. The van der Waals surface area contributed by atoms with Crippen molar-refractivity contribution in [1.29, 1.82) is 0 Å². The quantitative estimate of drug-likeness (QED) is 0.889. The van der Waals surface area contributed by atoms with Gasteiger partial charge in [-0.3, -0.25) is 0 Å². The van der Waals surface area contributed by atoms with E-state index < -0.39 is 0 Å². The van der Waals surface area contributed by atoms with Crippen molar-refractivity contribution in [2.24, 2.45) is 0 Å². The highest BCUT2D eigenvalue weighted by molar-refractivity contribution is 7.16. The number of hydrogen-bond acceptors (Lipinski definition) is 6. The molecule has 0 fully saturated rings. The maximum atomic E-state index is 5.91. The number of anilines is 1. The van der Waals surface area contributed by atoms with Gasteiger partial charge in [0.2, 0.25) is 5.89 Å². The second kappa shape index (κ2) is 6.36. The molecule has 0 saturated heterocycles. The first-order chi connectivity index (χ1) is 9.04. The van der Waals surface area contributed by atoms with Crippen molar-refractivity contribution < 1.29 is 4.42 Å². The van der Waals surface area contributed by atoms with E-state index in [0.29, 0.717) is 31.0 Å². The third-order valence-electron chi connectivity index (χ3n) is 2.47. The molecule has 0 atom stereocenters. The van der Waals surface area contributed by atoms with Crippen LogP contribution < -0.4 is 10.2 Å². The second-order valence-electron chi connectivity index (χ2n) is 4.58. The van der Waals surface area contributed by atoms with Crippen LogP contribution in [0.4, 0.5) is 6.01 Å². The van der Waals surface area contributed by atoms with Gasteiger partial charge in [-0.1, -0.05) is 30.5 Å². The molecule has 5 nitrogen and oxygen atoms in total. The molecule has 2 rings (SSSR count). The molecule has 0 radical (unpaired) electrons. The van der Waals surface area contributed by atoms with Crippen LogP contribution in [-0.4, -0.2) is 23.3 Å². The Kier molecular flexibility index (Phi) is 4.79. The van der Waals surface area contributed by atoms with Crippen LogP contribution in [0.3, 0.4) is 0 Å². The monoisotopic (exact) mass is 300 g/mol. The number of nitrogens with one attached hydrogen (secondary N) is 1. The summed E-state index contributed by atoms with van der Waals surface area (Å²) >= 11 is 7.46. The molecular formula is C12H17ClN4OS. The average Bonchev–Trinajstić information content (AvgIpc) is 2.95. The van der Waals surface area contributed by atoms with Gasteiger partial charge in [0.15, 0.2) is 0 Å². The Hall–Kier alpha value is -1.11. The molecule has 0 unspecified atom stereocenters. The minimum absolute atomic E-state index is 0.390. The van der Waals surface area contributed by atoms with Gasteiger partial charge in [0.05, 0.1) is 17.4 Å². The summed E-state index contributed by atoms with van der Waals surface area (Å²) in [6.45, 7) is 5.44. The van der Waals surface area contributed by atoms with E-state index in [4.69, 9.17) is 16.0 Å². The molecule has 0 amide bonds. The first-order valence-electron chi connectivity index (χ1n) is 6.05. The Morgan fingerprint density at radius 1 is 1.42 bits per heavy atom. The minimum atomic E-state index is 0.390. The van der Waals surface area contributed by atoms with Gasteiger partial charge in [0, 0.05) is 18.0 Å². The van der Waals surface area contributed by atoms with Crippen LogP contribution in [0, 0.1) is 0 Å². The largest absolute Gasteiger partial charge is 0.407 e. The molecule has 0 bridgehead atoms. The van der Waals surface area contributed by atoms with Crippen molar-refractivity contribution in [3.8, 4) is 0 Å². The van der Waals surface area contributed by atoms with Crippen LogP contribution in [0.15, 0.2) is 16.5 Å². The Morgan fingerprint density at radius 3 is 2.84 bits per heavy atom. The van der Waals surface area contributed by atoms with E-state index >= 15 is 0 Å². The fourth-order valence-corrected chi connectivity index (χ4v) is 2.64. The highest BCUT2D eigenvalue weighted by atomic mass is 35.5. The van der Waals surface area contributed by atoms with E-state index in [2.05, 4.69) is 29.4 Å². The predicted molar refractivity (Wildman–Crippen MR) is 77.7 cm³/mol. The summed E-state index contributed by atoms with van der Waals surface area (Å²) in [5, 5.41) is 11.3. The number of halogens is 1. The van der Waals surface area contributed by atoms with Crippen molar-refractivity contribution in [1.82, 2.24) is 15.5 Å². The third-order valence-corrected chi connectivity index (χ3v) is 3.68. The number of nitrogens with zero attached hydrogens (tertiary/aromatic N) is 3. The lowest BCUT2D eigenvalue weighted by Gasteiger charge is -2.12. The van der Waals surface area contributed by atoms with Crippen LogP contribution in [0.2, 0.25) is 4.34 Å². The smallest absolute Gasteiger partial charge is 0.318 e. The fourth-order valence-electron chi connectivity index (χ4n) is 1.50. The van der Waals surface area contributed by atoms with Gasteiger partial charge in [-0.05, 0) is 12.1 Å². The van der Waals surface area contributed by atoms with Gasteiger partial charge in [-0.15, -0.1) is 16.4 Å². The Morgan fingerprint density at radius 2 is 2.21 bits per heavy atom. The lowest BCUT2D eigenvalue weighted by molar-refractivity contribution is 0.449. The molecule has 0 aliphatic carbocycles. The zero-order valence-corrected chi connectivity index (χ0v) is 12.8. The van der Waals surface area contributed by atoms with Gasteiger partial charge in [-0.2, -0.15) is 0 Å². The first-order valence-corrected chi connectivity index (χ1v) is 7.25. The average molecular weight is 301 g/mol. The lowest BCUT2D eigenvalue weighted by Crippen LogP contribution is -2.21. The zero-order chi connectivity index (χ0) is 13.8.